The Morgan fingerprint density at radius 3 is 2.57 bits per heavy atom. The van der Waals surface area contributed by atoms with Crippen LogP contribution in [0.25, 0.3) is 11.2 Å². The summed E-state index contributed by atoms with van der Waals surface area (Å²) in [6.07, 6.45) is 3.53. The molecular weight excluding hydrogens is 427 g/mol. The van der Waals surface area contributed by atoms with E-state index in [9.17, 15) is 14.8 Å². The molecule has 0 fully saturated rings. The summed E-state index contributed by atoms with van der Waals surface area (Å²) >= 11 is 4.27. The molecule has 2 aromatic heterocycles. The van der Waals surface area contributed by atoms with Crippen LogP contribution in [0.3, 0.4) is 0 Å². The molecule has 0 aliphatic rings. The highest BCUT2D eigenvalue weighted by atomic mass is 32.1. The number of hydrogen-bond donors (Lipinski definition) is 3. The first-order valence-electron chi connectivity index (χ1n) is 10.3. The standard InChI is InChI=1S/C19H33N4O5PS/c1-5-13(6-2)29(26)28-19(4,7-3)8-9-27-18(14(25)10-24)23-12-22-15-16(23)20-11-21-17(15)30/h11-14,18,24-25,29H,5-10H2,1-4H3,(H,20,21,30)/t14-,18?,19?/m1/s1. The maximum atomic E-state index is 12.6. The van der Waals surface area contributed by atoms with Gasteiger partial charge in [-0.05, 0) is 26.2 Å². The molecule has 3 unspecified atom stereocenters. The molecule has 9 nitrogen and oxygen atoms in total. The van der Waals surface area contributed by atoms with E-state index in [0.29, 0.717) is 29.0 Å². The van der Waals surface area contributed by atoms with Gasteiger partial charge in [-0.2, -0.15) is 0 Å². The number of hydrogen-bond acceptors (Lipinski definition) is 9. The minimum Gasteiger partial charge on any atom is -0.394 e. The van der Waals surface area contributed by atoms with Gasteiger partial charge < -0.3 is 19.5 Å². The molecule has 11 heteroatoms. The summed E-state index contributed by atoms with van der Waals surface area (Å²) in [4.78, 5) is 12.4. The average molecular weight is 461 g/mol. The van der Waals surface area contributed by atoms with Crippen LogP contribution in [0, 0.1) is 0 Å². The number of imidazole rings is 1. The summed E-state index contributed by atoms with van der Waals surface area (Å²) in [5.41, 5.74) is 0.384. The molecular formula is C19H33N4O5PS. The molecule has 2 heterocycles. The Kier molecular flexibility index (Phi) is 9.71. The third-order valence-electron chi connectivity index (χ3n) is 5.46. The Bertz CT molecular complexity index is 834. The van der Waals surface area contributed by atoms with Gasteiger partial charge in [-0.1, -0.05) is 20.8 Å². The van der Waals surface area contributed by atoms with Gasteiger partial charge in [-0.15, -0.1) is 12.6 Å². The van der Waals surface area contributed by atoms with Crippen molar-refractivity contribution in [3.8, 4) is 0 Å². The third-order valence-corrected chi connectivity index (χ3v) is 7.97. The molecule has 0 aromatic carbocycles. The number of ether oxygens (including phenoxy) is 1. The second-order valence-electron chi connectivity index (χ2n) is 7.52. The van der Waals surface area contributed by atoms with E-state index >= 15 is 0 Å². The number of aliphatic hydroxyl groups excluding tert-OH is 2. The predicted octanol–water partition coefficient (Wildman–Crippen LogP) is 3.22. The van der Waals surface area contributed by atoms with E-state index in [1.165, 1.54) is 12.7 Å². The van der Waals surface area contributed by atoms with Gasteiger partial charge in [0, 0.05) is 12.1 Å². The maximum absolute atomic E-state index is 12.6. The van der Waals surface area contributed by atoms with Crippen molar-refractivity contribution in [1.82, 2.24) is 19.5 Å². The molecule has 0 saturated carbocycles. The predicted molar refractivity (Wildman–Crippen MR) is 118 cm³/mol. The van der Waals surface area contributed by atoms with E-state index in [1.54, 1.807) is 4.57 Å². The maximum Gasteiger partial charge on any atom is 0.195 e. The van der Waals surface area contributed by atoms with Crippen LogP contribution < -0.4 is 0 Å². The van der Waals surface area contributed by atoms with Gasteiger partial charge in [0.15, 0.2) is 19.9 Å². The summed E-state index contributed by atoms with van der Waals surface area (Å²) in [6.45, 7) is 7.67. The lowest BCUT2D eigenvalue weighted by Gasteiger charge is -2.31. The summed E-state index contributed by atoms with van der Waals surface area (Å²) < 4.78 is 26.1. The van der Waals surface area contributed by atoms with E-state index < -0.39 is 32.6 Å². The van der Waals surface area contributed by atoms with Crippen molar-refractivity contribution in [2.45, 2.75) is 82.0 Å². The Hall–Kier alpha value is -1.03. The molecule has 0 bridgehead atoms. The molecule has 30 heavy (non-hydrogen) atoms. The largest absolute Gasteiger partial charge is 0.394 e. The fourth-order valence-corrected chi connectivity index (χ4v) is 4.91. The zero-order valence-electron chi connectivity index (χ0n) is 18.0. The molecule has 0 amide bonds. The Labute approximate surface area is 183 Å². The second kappa shape index (κ2) is 11.5. The minimum absolute atomic E-state index is 0.0678. The quantitative estimate of drug-likeness (QED) is 0.237. The van der Waals surface area contributed by atoms with Gasteiger partial charge in [0.05, 0.1) is 25.1 Å². The number of aliphatic hydroxyl groups is 2. The topological polar surface area (TPSA) is 120 Å². The molecule has 2 N–H and O–H groups in total. The summed E-state index contributed by atoms with van der Waals surface area (Å²) in [6, 6.07) is 0. The van der Waals surface area contributed by atoms with Gasteiger partial charge in [0.1, 0.15) is 23.0 Å². The van der Waals surface area contributed by atoms with E-state index in [4.69, 9.17) is 9.26 Å². The first-order chi connectivity index (χ1) is 14.3. The number of rotatable bonds is 13. The number of thiol groups is 1. The van der Waals surface area contributed by atoms with Crippen molar-refractivity contribution >= 4 is 31.8 Å². The van der Waals surface area contributed by atoms with Gasteiger partial charge in [-0.25, -0.2) is 15.0 Å². The summed E-state index contributed by atoms with van der Waals surface area (Å²) in [5, 5.41) is 20.2. The van der Waals surface area contributed by atoms with Crippen LogP contribution in [0.5, 0.6) is 0 Å². The highest BCUT2D eigenvalue weighted by Crippen LogP contribution is 2.41. The first-order valence-corrected chi connectivity index (χ1v) is 12.1. The fourth-order valence-electron chi connectivity index (χ4n) is 3.14. The van der Waals surface area contributed by atoms with Crippen molar-refractivity contribution in [2.24, 2.45) is 0 Å². The monoisotopic (exact) mass is 460 g/mol. The van der Waals surface area contributed by atoms with Crippen molar-refractivity contribution in [3.63, 3.8) is 0 Å². The smallest absolute Gasteiger partial charge is 0.195 e. The first kappa shape index (κ1) is 25.2. The zero-order valence-corrected chi connectivity index (χ0v) is 19.9. The molecule has 0 aliphatic carbocycles. The van der Waals surface area contributed by atoms with Crippen molar-refractivity contribution in [1.29, 1.82) is 0 Å². The van der Waals surface area contributed by atoms with Crippen LogP contribution in [0.15, 0.2) is 17.7 Å². The normalized spacial score (nSPS) is 17.2. The van der Waals surface area contributed by atoms with E-state index in [-0.39, 0.29) is 12.3 Å². The third kappa shape index (κ3) is 6.02. The minimum atomic E-state index is -2.18. The summed E-state index contributed by atoms with van der Waals surface area (Å²) in [7, 11) is -2.18. The number of nitrogens with zero attached hydrogens (tertiary/aromatic N) is 4. The van der Waals surface area contributed by atoms with Crippen molar-refractivity contribution in [2.75, 3.05) is 13.2 Å². The van der Waals surface area contributed by atoms with Crippen LogP contribution in [-0.2, 0) is 13.8 Å². The molecule has 4 atom stereocenters. The van der Waals surface area contributed by atoms with Crippen LogP contribution in [-0.4, -0.2) is 60.3 Å². The molecule has 170 valence electrons. The van der Waals surface area contributed by atoms with Crippen LogP contribution in [0.2, 0.25) is 0 Å². The highest BCUT2D eigenvalue weighted by Gasteiger charge is 2.30. The van der Waals surface area contributed by atoms with Crippen molar-refractivity contribution in [3.05, 3.63) is 12.7 Å². The second-order valence-corrected chi connectivity index (χ2v) is 9.60. The lowest BCUT2D eigenvalue weighted by molar-refractivity contribution is -0.105. The molecule has 0 spiro atoms. The van der Waals surface area contributed by atoms with Crippen LogP contribution in [0.1, 0.15) is 59.6 Å². The lowest BCUT2D eigenvalue weighted by atomic mass is 10.0. The van der Waals surface area contributed by atoms with E-state index in [2.05, 4.69) is 27.6 Å². The zero-order chi connectivity index (χ0) is 22.3. The van der Waals surface area contributed by atoms with Crippen LogP contribution in [0.4, 0.5) is 0 Å². The van der Waals surface area contributed by atoms with Gasteiger partial charge in [-0.3, -0.25) is 9.13 Å². The lowest BCUT2D eigenvalue weighted by Crippen LogP contribution is -2.33. The number of fused-ring (bicyclic) bond motifs is 1. The Morgan fingerprint density at radius 2 is 1.97 bits per heavy atom. The summed E-state index contributed by atoms with van der Waals surface area (Å²) in [5.74, 6) is 0. The molecule has 2 aromatic rings. The molecule has 2 rings (SSSR count). The Balaban J connectivity index is 2.12. The van der Waals surface area contributed by atoms with E-state index in [0.717, 1.165) is 12.8 Å². The average Bonchev–Trinajstić information content (AvgIpc) is 3.16. The van der Waals surface area contributed by atoms with Crippen LogP contribution >= 0.6 is 20.7 Å². The van der Waals surface area contributed by atoms with E-state index in [1.807, 2.05) is 27.7 Å². The number of aromatic nitrogens is 4. The van der Waals surface area contributed by atoms with Crippen molar-refractivity contribution < 1.29 is 24.0 Å². The Morgan fingerprint density at radius 1 is 1.27 bits per heavy atom. The molecule has 0 saturated heterocycles. The molecule has 0 aliphatic heterocycles. The van der Waals surface area contributed by atoms with Gasteiger partial charge in [0.2, 0.25) is 0 Å². The SMILES string of the molecule is CCC(CC)[PH](=O)OC(C)(CC)CCOC([C@H](O)CO)n1cnc2c(S)ncnc21. The highest BCUT2D eigenvalue weighted by molar-refractivity contribution is 7.80. The van der Waals surface area contributed by atoms with Gasteiger partial charge in [0.25, 0.3) is 0 Å². The fraction of sp³-hybridized carbons (Fsp3) is 0.737. The molecule has 0 radical (unpaired) electrons. The van der Waals surface area contributed by atoms with Gasteiger partial charge >= 0.3 is 0 Å².